The largest absolute Gasteiger partial charge is 0.404 e. The maximum Gasteiger partial charge on any atom is 0.378 e. The van der Waals surface area contributed by atoms with E-state index in [-0.39, 0.29) is 15.6 Å². The first-order chi connectivity index (χ1) is 23.1. The third-order valence-electron chi connectivity index (χ3n) is 8.38. The van der Waals surface area contributed by atoms with Gasteiger partial charge < -0.3 is 4.49 Å². The van der Waals surface area contributed by atoms with Crippen LogP contribution in [0.5, 0.6) is 0 Å². The van der Waals surface area contributed by atoms with Gasteiger partial charge in [0.25, 0.3) is 0 Å². The molecule has 0 radical (unpaired) electrons. The van der Waals surface area contributed by atoms with Crippen LogP contribution in [0.25, 0.3) is 0 Å². The number of benzene rings is 5. The summed E-state index contributed by atoms with van der Waals surface area (Å²) in [5, 5.41) is 0. The van der Waals surface area contributed by atoms with Crippen LogP contribution in [0.4, 0.5) is 71.5 Å². The molecule has 0 atom stereocenters. The molecule has 0 bridgehead atoms. The van der Waals surface area contributed by atoms with Gasteiger partial charge in [0.15, 0.2) is 58.0 Å². The van der Waals surface area contributed by atoms with Crippen LogP contribution in [0, 0.1) is 87.3 Å². The first kappa shape index (κ1) is 33.7. The topological polar surface area (TPSA) is 3.01 Å². The van der Waals surface area contributed by atoms with Gasteiger partial charge in [0, 0.05) is 17.2 Å². The van der Waals surface area contributed by atoms with Crippen LogP contribution in [0.3, 0.4) is 0 Å². The van der Waals surface area contributed by atoms with E-state index < -0.39 is 128 Å². The molecule has 0 saturated carbocycles. The maximum atomic E-state index is 16.2. The fraction of sp³-hybridized carbons (Fsp3) is 0.0312. The minimum absolute atomic E-state index is 0.0828. The van der Waals surface area contributed by atoms with Crippen molar-refractivity contribution in [2.24, 2.45) is 0 Å². The summed E-state index contributed by atoms with van der Waals surface area (Å²) < 4.78 is 231. The molecule has 0 fully saturated rings. The van der Waals surface area contributed by atoms with E-state index in [4.69, 9.17) is 0 Å². The molecule has 17 heteroatoms. The fourth-order valence-corrected chi connectivity index (χ4v) is 6.41. The smallest absolute Gasteiger partial charge is 0.378 e. The number of hydrogen-bond donors (Lipinski definition) is 0. The van der Waals surface area contributed by atoms with Crippen LogP contribution in [-0.4, -0.2) is 16.5 Å². The van der Waals surface area contributed by atoms with Gasteiger partial charge in [-0.3, -0.25) is 0 Å². The first-order valence-corrected chi connectivity index (χ1v) is 13.6. The average molecular weight is 705 g/mol. The highest BCUT2D eigenvalue weighted by molar-refractivity contribution is 7.06. The van der Waals surface area contributed by atoms with Crippen LogP contribution >= 0.6 is 0 Å². The normalized spacial score (nSPS) is 13.0. The van der Waals surface area contributed by atoms with Crippen molar-refractivity contribution in [2.45, 2.75) is 6.42 Å². The molecule has 0 amide bonds. The van der Waals surface area contributed by atoms with Gasteiger partial charge in [0.2, 0.25) is 0 Å². The molecule has 0 aliphatic carbocycles. The predicted molar refractivity (Wildman–Crippen MR) is 144 cm³/mol. The highest BCUT2D eigenvalue weighted by atomic mass is 19.2. The van der Waals surface area contributed by atoms with Gasteiger partial charge in [0.05, 0.1) is 6.42 Å². The third-order valence-corrected chi connectivity index (χ3v) is 8.38. The van der Waals surface area contributed by atoms with Crippen molar-refractivity contribution in [1.29, 1.82) is 0 Å². The van der Waals surface area contributed by atoms with E-state index in [0.717, 1.165) is 24.3 Å². The molecule has 0 N–H and O–H groups in total. The lowest BCUT2D eigenvalue weighted by molar-refractivity contribution is -0.284. The SMILES string of the molecule is Fc1c(F)c(F)c([B-](c2c(F)c(F)c(F)c(F)c2F)(c2c(F)c(F)c(F)c(F)c2F)[N+]2=C(c3ccccc3)Cc3ccccc32)c(F)c1F. The van der Waals surface area contributed by atoms with Gasteiger partial charge >= 0.3 is 6.28 Å². The van der Waals surface area contributed by atoms with Gasteiger partial charge in [-0.2, -0.15) is 0 Å². The lowest BCUT2D eigenvalue weighted by Gasteiger charge is -2.40. The van der Waals surface area contributed by atoms with E-state index in [2.05, 4.69) is 0 Å². The molecule has 252 valence electrons. The zero-order chi connectivity index (χ0) is 35.9. The fourth-order valence-electron chi connectivity index (χ4n) is 6.41. The van der Waals surface area contributed by atoms with E-state index in [1.165, 1.54) is 30.3 Å². The second-order valence-electron chi connectivity index (χ2n) is 10.8. The highest BCUT2D eigenvalue weighted by Crippen LogP contribution is 2.37. The Labute approximate surface area is 264 Å². The van der Waals surface area contributed by atoms with Crippen molar-refractivity contribution in [3.8, 4) is 0 Å². The average Bonchev–Trinajstić information content (AvgIpc) is 3.50. The van der Waals surface area contributed by atoms with Gasteiger partial charge in [-0.05, 0) is 28.5 Å². The summed E-state index contributed by atoms with van der Waals surface area (Å²) in [6, 6.07) is 10.6. The Kier molecular flexibility index (Phi) is 8.07. The summed E-state index contributed by atoms with van der Waals surface area (Å²) in [4.78, 5) is 0. The van der Waals surface area contributed by atoms with Crippen molar-refractivity contribution in [1.82, 2.24) is 0 Å². The molecule has 5 aromatic carbocycles. The van der Waals surface area contributed by atoms with Crippen molar-refractivity contribution in [2.75, 3.05) is 0 Å². The summed E-state index contributed by atoms with van der Waals surface area (Å²) in [5.41, 5.74) is -9.75. The number of rotatable bonds is 5. The van der Waals surface area contributed by atoms with E-state index in [1.54, 1.807) is 0 Å². The zero-order valence-corrected chi connectivity index (χ0v) is 23.6. The van der Waals surface area contributed by atoms with Gasteiger partial charge in [0.1, 0.15) is 40.6 Å². The molecule has 0 saturated heterocycles. The monoisotopic (exact) mass is 705 g/mol. The summed E-state index contributed by atoms with van der Waals surface area (Å²) in [5.74, 6) is -45.7. The van der Waals surface area contributed by atoms with Crippen molar-refractivity contribution < 1.29 is 70.3 Å². The van der Waals surface area contributed by atoms with Crippen molar-refractivity contribution in [3.63, 3.8) is 0 Å². The van der Waals surface area contributed by atoms with Crippen LogP contribution in [0.1, 0.15) is 11.1 Å². The molecular formula is C32H11BF15N. The van der Waals surface area contributed by atoms with Gasteiger partial charge in [-0.1, -0.05) is 36.4 Å². The number of halogens is 15. The Morgan fingerprint density at radius 1 is 0.367 bits per heavy atom. The second-order valence-corrected chi connectivity index (χ2v) is 10.8. The van der Waals surface area contributed by atoms with Crippen LogP contribution in [0.2, 0.25) is 0 Å². The molecule has 5 aromatic rings. The second kappa shape index (κ2) is 11.7. The molecule has 1 heterocycles. The Bertz CT molecular complexity index is 2020. The minimum Gasteiger partial charge on any atom is -0.404 e. The molecule has 0 unspecified atom stereocenters. The molecule has 0 aromatic heterocycles. The van der Waals surface area contributed by atoms with Gasteiger partial charge in [-0.15, -0.1) is 0 Å². The Morgan fingerprint density at radius 3 is 1.04 bits per heavy atom. The zero-order valence-electron chi connectivity index (χ0n) is 23.6. The van der Waals surface area contributed by atoms with Gasteiger partial charge in [-0.25, -0.2) is 65.9 Å². The molecule has 0 spiro atoms. The van der Waals surface area contributed by atoms with Crippen LogP contribution < -0.4 is 16.4 Å². The van der Waals surface area contributed by atoms with Crippen LogP contribution in [0.15, 0.2) is 54.6 Å². The standard InChI is InChI=1S/C32H11BF15N/c34-18-15(19(35)25(41)30(46)24(18)40)33(16-20(36)26(42)31(47)27(43)21(16)37,17-22(38)28(44)32(48)29(45)23(17)39)49-13-9-5-4-8-12(13)10-14(49)11-6-2-1-3-7-11/h1-9H,10H2. The maximum absolute atomic E-state index is 16.2. The van der Waals surface area contributed by atoms with E-state index in [0.29, 0.717) is 0 Å². The lowest BCUT2D eigenvalue weighted by atomic mass is 9.22. The van der Waals surface area contributed by atoms with Crippen LogP contribution in [-0.2, 0) is 6.42 Å². The van der Waals surface area contributed by atoms with E-state index in [1.807, 2.05) is 0 Å². The molecule has 6 rings (SSSR count). The number of fused-ring (bicyclic) bond motifs is 1. The van der Waals surface area contributed by atoms with E-state index in [9.17, 15) is 13.2 Å². The van der Waals surface area contributed by atoms with Crippen molar-refractivity contribution >= 4 is 34.1 Å². The van der Waals surface area contributed by atoms with Crippen molar-refractivity contribution in [3.05, 3.63) is 153 Å². The summed E-state index contributed by atoms with van der Waals surface area (Å²) in [6.07, 6.45) is -6.62. The van der Waals surface area contributed by atoms with E-state index >= 15 is 52.7 Å². The third kappa shape index (κ3) is 4.50. The Balaban J connectivity index is 2.10. The molecule has 49 heavy (non-hydrogen) atoms. The Hall–Kier alpha value is -5.22. The quantitative estimate of drug-likeness (QED) is 0.0793. The number of hydrogen-bond acceptors (Lipinski definition) is 0. The molecule has 1 aliphatic heterocycles. The molecular weight excluding hydrogens is 694 g/mol. The Morgan fingerprint density at radius 2 is 0.673 bits per heavy atom. The highest BCUT2D eigenvalue weighted by Gasteiger charge is 2.60. The lowest BCUT2D eigenvalue weighted by Crippen LogP contribution is -2.79. The summed E-state index contributed by atoms with van der Waals surface area (Å²) >= 11 is 0. The summed E-state index contributed by atoms with van der Waals surface area (Å²) in [7, 11) is 0. The molecule has 1 nitrogen and oxygen atoms in total. The predicted octanol–water partition coefficient (Wildman–Crippen LogP) is 7.13. The first-order valence-electron chi connectivity index (χ1n) is 13.6. The molecule has 1 aliphatic rings. The summed E-state index contributed by atoms with van der Waals surface area (Å²) in [6.45, 7) is 0. The minimum atomic E-state index is -6.00. The number of para-hydroxylation sites is 1. The number of nitrogens with zero attached hydrogens (tertiary/aromatic N) is 1.